The Labute approximate surface area is 176 Å². The molecule has 0 unspecified atom stereocenters. The lowest BCUT2D eigenvalue weighted by Crippen LogP contribution is -2.41. The monoisotopic (exact) mass is 395 g/mol. The van der Waals surface area contributed by atoms with Crippen molar-refractivity contribution in [3.8, 4) is 11.3 Å². The van der Waals surface area contributed by atoms with Gasteiger partial charge in [-0.05, 0) is 31.0 Å². The summed E-state index contributed by atoms with van der Waals surface area (Å²) < 4.78 is 0. The Morgan fingerprint density at radius 1 is 0.900 bits per heavy atom. The largest absolute Gasteiger partial charge is 0.397 e. The van der Waals surface area contributed by atoms with Gasteiger partial charge in [-0.2, -0.15) is 0 Å². The van der Waals surface area contributed by atoms with Gasteiger partial charge in [0.05, 0.1) is 28.9 Å². The maximum absolute atomic E-state index is 13.1. The van der Waals surface area contributed by atoms with Gasteiger partial charge >= 0.3 is 0 Å². The molecule has 0 spiro atoms. The molecule has 0 saturated carbocycles. The average Bonchev–Trinajstić information content (AvgIpc) is 2.76. The molecule has 30 heavy (non-hydrogen) atoms. The quantitative estimate of drug-likeness (QED) is 0.495. The number of carbonyl (C=O) groups excluding carboxylic acids is 1. The van der Waals surface area contributed by atoms with Gasteiger partial charge in [0, 0.05) is 10.9 Å². The van der Waals surface area contributed by atoms with Crippen LogP contribution in [0.5, 0.6) is 0 Å². The second-order valence-corrected chi connectivity index (χ2v) is 7.95. The maximum atomic E-state index is 13.1. The number of aromatic nitrogens is 1. The Balaban J connectivity index is 1.71. The van der Waals surface area contributed by atoms with E-state index in [0.29, 0.717) is 11.4 Å². The molecule has 4 heteroatoms. The Bertz CT molecular complexity index is 1190. The number of carbonyl (C=O) groups is 1. The first kappa shape index (κ1) is 19.6. The summed E-state index contributed by atoms with van der Waals surface area (Å²) in [6, 6.07) is 27.6. The van der Waals surface area contributed by atoms with Gasteiger partial charge in [-0.15, -0.1) is 0 Å². The Morgan fingerprint density at radius 3 is 2.20 bits per heavy atom. The molecule has 0 aliphatic carbocycles. The lowest BCUT2D eigenvalue weighted by atomic mass is 9.93. The van der Waals surface area contributed by atoms with Crippen molar-refractivity contribution in [1.29, 1.82) is 0 Å². The molecule has 1 heterocycles. The molecule has 1 aromatic heterocycles. The molecule has 0 fully saturated rings. The third-order valence-electron chi connectivity index (χ3n) is 5.37. The van der Waals surface area contributed by atoms with Gasteiger partial charge in [0.15, 0.2) is 0 Å². The first-order valence-corrected chi connectivity index (χ1v) is 10.0. The van der Waals surface area contributed by atoms with Gasteiger partial charge in [0.2, 0.25) is 5.91 Å². The first-order chi connectivity index (χ1) is 14.5. The second kappa shape index (κ2) is 7.99. The van der Waals surface area contributed by atoms with E-state index < -0.39 is 5.54 Å². The molecule has 4 aromatic rings. The van der Waals surface area contributed by atoms with E-state index in [2.05, 4.69) is 5.32 Å². The van der Waals surface area contributed by atoms with Gasteiger partial charge in [0.1, 0.15) is 0 Å². The van der Waals surface area contributed by atoms with Crippen molar-refractivity contribution in [2.24, 2.45) is 0 Å². The zero-order chi connectivity index (χ0) is 21.1. The van der Waals surface area contributed by atoms with Crippen molar-refractivity contribution in [2.45, 2.75) is 25.8 Å². The zero-order valence-electron chi connectivity index (χ0n) is 17.2. The topological polar surface area (TPSA) is 68.0 Å². The molecule has 1 amide bonds. The van der Waals surface area contributed by atoms with Crippen molar-refractivity contribution in [2.75, 3.05) is 5.73 Å². The summed E-state index contributed by atoms with van der Waals surface area (Å²) in [5, 5.41) is 4.06. The van der Waals surface area contributed by atoms with Crippen molar-refractivity contribution in [1.82, 2.24) is 10.3 Å². The number of nitrogens with two attached hydrogens (primary N) is 1. The lowest BCUT2D eigenvalue weighted by molar-refractivity contribution is -0.122. The summed E-state index contributed by atoms with van der Waals surface area (Å²) in [5.74, 6) is -0.0779. The summed E-state index contributed by atoms with van der Waals surface area (Å²) in [4.78, 5) is 17.8. The molecule has 0 saturated heterocycles. The fraction of sp³-hybridized carbons (Fsp3) is 0.154. The SMILES string of the molecule is CC(C)(NC(=O)Cc1c(N)c(-c2ccccc2)nc2ccccc12)c1ccccc1. The van der Waals surface area contributed by atoms with Crippen molar-refractivity contribution in [3.63, 3.8) is 0 Å². The highest BCUT2D eigenvalue weighted by Crippen LogP contribution is 2.32. The fourth-order valence-corrected chi connectivity index (χ4v) is 3.78. The predicted octanol–water partition coefficient (Wildman–Crippen LogP) is 5.08. The van der Waals surface area contributed by atoms with Gasteiger partial charge in [-0.1, -0.05) is 78.9 Å². The molecule has 4 nitrogen and oxygen atoms in total. The van der Waals surface area contributed by atoms with Crippen molar-refractivity contribution >= 4 is 22.5 Å². The van der Waals surface area contributed by atoms with Crippen LogP contribution in [-0.4, -0.2) is 10.9 Å². The molecule has 3 N–H and O–H groups in total. The summed E-state index contributed by atoms with van der Waals surface area (Å²) >= 11 is 0. The van der Waals surface area contributed by atoms with Crippen LogP contribution in [0, 0.1) is 0 Å². The van der Waals surface area contributed by atoms with E-state index in [-0.39, 0.29) is 12.3 Å². The fourth-order valence-electron chi connectivity index (χ4n) is 3.78. The molecule has 0 atom stereocenters. The summed E-state index contributed by atoms with van der Waals surface area (Å²) in [7, 11) is 0. The number of amides is 1. The Hall–Kier alpha value is -3.66. The first-order valence-electron chi connectivity index (χ1n) is 10.0. The van der Waals surface area contributed by atoms with Gasteiger partial charge in [-0.25, -0.2) is 4.98 Å². The summed E-state index contributed by atoms with van der Waals surface area (Å²) in [5.41, 5.74) is 11.0. The normalized spacial score (nSPS) is 11.4. The molecule has 0 radical (unpaired) electrons. The number of hydrogen-bond acceptors (Lipinski definition) is 3. The summed E-state index contributed by atoms with van der Waals surface area (Å²) in [6.45, 7) is 4.01. The Morgan fingerprint density at radius 2 is 1.50 bits per heavy atom. The van der Waals surface area contributed by atoms with Crippen LogP contribution in [0.3, 0.4) is 0 Å². The molecular weight excluding hydrogens is 370 g/mol. The average molecular weight is 396 g/mol. The van der Waals surface area contributed by atoms with Crippen LogP contribution in [-0.2, 0) is 16.8 Å². The number of benzene rings is 3. The molecule has 150 valence electrons. The molecule has 0 bridgehead atoms. The lowest BCUT2D eigenvalue weighted by Gasteiger charge is -2.27. The maximum Gasteiger partial charge on any atom is 0.225 e. The number of fused-ring (bicyclic) bond motifs is 1. The Kier molecular flexibility index (Phi) is 5.23. The number of nitrogen functional groups attached to an aromatic ring is 1. The van der Waals surface area contributed by atoms with E-state index in [4.69, 9.17) is 10.7 Å². The van der Waals surface area contributed by atoms with Crippen LogP contribution in [0.25, 0.3) is 22.2 Å². The molecule has 0 aliphatic rings. The van der Waals surface area contributed by atoms with Crippen LogP contribution in [0.4, 0.5) is 5.69 Å². The predicted molar refractivity (Wildman–Crippen MR) is 123 cm³/mol. The number of hydrogen-bond donors (Lipinski definition) is 2. The standard InChI is InChI=1S/C26H25N3O/c1-26(2,19-13-7-4-8-14-19)29-23(30)17-21-20-15-9-10-16-22(20)28-25(24(21)27)18-11-5-3-6-12-18/h3-16H,17,27H2,1-2H3,(H,29,30). The van der Waals surface area contributed by atoms with Crippen LogP contribution in [0.1, 0.15) is 25.0 Å². The van der Waals surface area contributed by atoms with Gasteiger partial charge < -0.3 is 11.1 Å². The van der Waals surface area contributed by atoms with Crippen LogP contribution >= 0.6 is 0 Å². The number of para-hydroxylation sites is 1. The minimum atomic E-state index is -0.488. The highest BCUT2D eigenvalue weighted by molar-refractivity contribution is 5.96. The smallest absolute Gasteiger partial charge is 0.225 e. The number of nitrogens with zero attached hydrogens (tertiary/aromatic N) is 1. The number of anilines is 1. The minimum absolute atomic E-state index is 0.0779. The van der Waals surface area contributed by atoms with E-state index in [9.17, 15) is 4.79 Å². The van der Waals surface area contributed by atoms with E-state index in [1.54, 1.807) is 0 Å². The molecule has 4 rings (SSSR count). The number of rotatable bonds is 5. The molecule has 0 aliphatic heterocycles. The van der Waals surface area contributed by atoms with E-state index >= 15 is 0 Å². The zero-order valence-corrected chi connectivity index (χ0v) is 17.2. The van der Waals surface area contributed by atoms with Crippen LogP contribution in [0.2, 0.25) is 0 Å². The third kappa shape index (κ3) is 3.90. The van der Waals surface area contributed by atoms with Crippen LogP contribution in [0.15, 0.2) is 84.9 Å². The number of pyridine rings is 1. The highest BCUT2D eigenvalue weighted by atomic mass is 16.1. The summed E-state index contributed by atoms with van der Waals surface area (Å²) in [6.07, 6.45) is 0.185. The minimum Gasteiger partial charge on any atom is -0.397 e. The molecule has 3 aromatic carbocycles. The van der Waals surface area contributed by atoms with E-state index in [1.807, 2.05) is 98.8 Å². The molecular formula is C26H25N3O. The second-order valence-electron chi connectivity index (χ2n) is 7.95. The van der Waals surface area contributed by atoms with Crippen molar-refractivity contribution < 1.29 is 4.79 Å². The van der Waals surface area contributed by atoms with Crippen molar-refractivity contribution in [3.05, 3.63) is 96.1 Å². The number of nitrogens with one attached hydrogen (secondary N) is 1. The van der Waals surface area contributed by atoms with Gasteiger partial charge in [-0.3, -0.25) is 4.79 Å². The van der Waals surface area contributed by atoms with Crippen LogP contribution < -0.4 is 11.1 Å². The highest BCUT2D eigenvalue weighted by Gasteiger charge is 2.24. The van der Waals surface area contributed by atoms with Gasteiger partial charge in [0.25, 0.3) is 0 Å². The van der Waals surface area contributed by atoms with E-state index in [1.165, 1.54) is 0 Å². The third-order valence-corrected chi connectivity index (χ3v) is 5.37. The van der Waals surface area contributed by atoms with E-state index in [0.717, 1.165) is 27.6 Å².